The monoisotopic (exact) mass is 324 g/mol. The van der Waals surface area contributed by atoms with Crippen LogP contribution in [0.15, 0.2) is 30.3 Å². The van der Waals surface area contributed by atoms with E-state index in [0.29, 0.717) is 11.8 Å². The van der Waals surface area contributed by atoms with Gasteiger partial charge in [0.2, 0.25) is 5.91 Å². The molecule has 0 spiro atoms. The van der Waals surface area contributed by atoms with Crippen molar-refractivity contribution in [2.75, 3.05) is 31.1 Å². The van der Waals surface area contributed by atoms with Crippen molar-refractivity contribution >= 4 is 11.6 Å². The van der Waals surface area contributed by atoms with E-state index in [1.807, 2.05) is 27.8 Å². The van der Waals surface area contributed by atoms with Crippen LogP contribution in [0.2, 0.25) is 0 Å². The van der Waals surface area contributed by atoms with Crippen LogP contribution in [-0.4, -0.2) is 46.8 Å². The number of para-hydroxylation sites is 1. The minimum Gasteiger partial charge on any atom is -0.365 e. The van der Waals surface area contributed by atoms with Crippen LogP contribution in [-0.2, 0) is 4.79 Å². The van der Waals surface area contributed by atoms with Gasteiger partial charge < -0.3 is 9.80 Å². The Morgan fingerprint density at radius 3 is 2.33 bits per heavy atom. The molecule has 1 saturated heterocycles. The van der Waals surface area contributed by atoms with E-state index in [1.54, 1.807) is 0 Å². The third-order valence-corrected chi connectivity index (χ3v) is 5.09. The second-order valence-electron chi connectivity index (χ2n) is 6.85. The van der Waals surface area contributed by atoms with Crippen molar-refractivity contribution in [1.29, 1.82) is 0 Å². The molecule has 1 saturated carbocycles. The number of aryl methyl sites for hydroxylation is 1. The zero-order chi connectivity index (χ0) is 16.7. The number of rotatable bonds is 3. The summed E-state index contributed by atoms with van der Waals surface area (Å²) >= 11 is 0. The molecule has 4 rings (SSSR count). The molecule has 24 heavy (non-hydrogen) atoms. The van der Waals surface area contributed by atoms with Gasteiger partial charge in [0.15, 0.2) is 0 Å². The lowest BCUT2D eigenvalue weighted by atomic mass is 10.2. The molecule has 0 unspecified atom stereocenters. The van der Waals surface area contributed by atoms with E-state index in [9.17, 15) is 4.79 Å². The summed E-state index contributed by atoms with van der Waals surface area (Å²) in [4.78, 5) is 16.6. The van der Waals surface area contributed by atoms with Crippen LogP contribution in [0.5, 0.6) is 0 Å². The molecule has 0 N–H and O–H groups in total. The maximum atomic E-state index is 12.2. The largest absolute Gasteiger partial charge is 0.365 e. The first-order valence-electron chi connectivity index (χ1n) is 8.80. The van der Waals surface area contributed by atoms with Crippen LogP contribution in [0, 0.1) is 19.8 Å². The van der Waals surface area contributed by atoms with Crippen LogP contribution in [0.4, 0.5) is 5.69 Å². The van der Waals surface area contributed by atoms with Crippen molar-refractivity contribution in [3.8, 4) is 5.69 Å². The van der Waals surface area contributed by atoms with E-state index in [-0.39, 0.29) is 0 Å². The second kappa shape index (κ2) is 5.96. The normalized spacial score (nSPS) is 18.1. The number of hydrogen-bond donors (Lipinski definition) is 0. The highest BCUT2D eigenvalue weighted by molar-refractivity contribution is 5.81. The highest BCUT2D eigenvalue weighted by Crippen LogP contribution is 2.32. The predicted octanol–water partition coefficient (Wildman–Crippen LogP) is 2.55. The number of aromatic nitrogens is 2. The fraction of sp³-hybridized carbons (Fsp3) is 0.474. The number of benzene rings is 1. The molecule has 2 aliphatic rings. The van der Waals surface area contributed by atoms with Crippen LogP contribution >= 0.6 is 0 Å². The summed E-state index contributed by atoms with van der Waals surface area (Å²) in [7, 11) is 0. The second-order valence-corrected chi connectivity index (χ2v) is 6.85. The molecular formula is C19H24N4O. The molecule has 5 heteroatoms. The number of anilines is 1. The molecule has 2 aromatic rings. The molecular weight excluding hydrogens is 300 g/mol. The first-order chi connectivity index (χ1) is 11.6. The fourth-order valence-electron chi connectivity index (χ4n) is 3.65. The molecule has 1 aromatic carbocycles. The van der Waals surface area contributed by atoms with Crippen LogP contribution in [0.3, 0.4) is 0 Å². The molecule has 0 radical (unpaired) electrons. The van der Waals surface area contributed by atoms with Gasteiger partial charge in [-0.2, -0.15) is 5.10 Å². The lowest BCUT2D eigenvalue weighted by molar-refractivity contribution is -0.132. The number of carbonyl (C=O) groups is 1. The van der Waals surface area contributed by atoms with Crippen LogP contribution in [0.25, 0.3) is 5.69 Å². The maximum Gasteiger partial charge on any atom is 0.225 e. The molecule has 126 valence electrons. The minimum absolute atomic E-state index is 0.320. The maximum absolute atomic E-state index is 12.2. The quantitative estimate of drug-likeness (QED) is 0.871. The number of hydrogen-bond acceptors (Lipinski definition) is 3. The fourth-order valence-corrected chi connectivity index (χ4v) is 3.65. The van der Waals surface area contributed by atoms with Gasteiger partial charge in [0.05, 0.1) is 22.8 Å². The number of nitrogens with zero attached hydrogens (tertiary/aromatic N) is 4. The summed E-state index contributed by atoms with van der Waals surface area (Å²) in [6, 6.07) is 10.2. The summed E-state index contributed by atoms with van der Waals surface area (Å²) in [6.45, 7) is 7.63. The zero-order valence-corrected chi connectivity index (χ0v) is 14.4. The van der Waals surface area contributed by atoms with E-state index in [0.717, 1.165) is 50.4 Å². The Balaban J connectivity index is 1.53. The Kier molecular flexibility index (Phi) is 3.79. The summed E-state index contributed by atoms with van der Waals surface area (Å²) in [5.74, 6) is 0.684. The van der Waals surface area contributed by atoms with Crippen LogP contribution < -0.4 is 4.90 Å². The third kappa shape index (κ3) is 2.68. The molecule has 2 fully saturated rings. The van der Waals surface area contributed by atoms with E-state index in [2.05, 4.69) is 30.9 Å². The molecule has 0 bridgehead atoms. The Morgan fingerprint density at radius 1 is 1.04 bits per heavy atom. The summed E-state index contributed by atoms with van der Waals surface area (Å²) in [6.07, 6.45) is 2.17. The smallest absolute Gasteiger partial charge is 0.225 e. The first-order valence-corrected chi connectivity index (χ1v) is 8.80. The molecule has 2 heterocycles. The average molecular weight is 324 g/mol. The Morgan fingerprint density at radius 2 is 1.71 bits per heavy atom. The van der Waals surface area contributed by atoms with Crippen molar-refractivity contribution in [1.82, 2.24) is 14.7 Å². The van der Waals surface area contributed by atoms with Crippen molar-refractivity contribution < 1.29 is 4.79 Å². The molecule has 5 nitrogen and oxygen atoms in total. The molecule has 0 atom stereocenters. The predicted molar refractivity (Wildman–Crippen MR) is 94.6 cm³/mol. The summed E-state index contributed by atoms with van der Waals surface area (Å²) < 4.78 is 2.02. The van der Waals surface area contributed by atoms with Gasteiger partial charge in [0, 0.05) is 32.1 Å². The number of carbonyl (C=O) groups excluding carboxylic acids is 1. The SMILES string of the molecule is Cc1nn(-c2ccccc2)c(C)c1N1CCN(C(=O)C2CC2)CC1. The lowest BCUT2D eigenvalue weighted by Crippen LogP contribution is -2.49. The Labute approximate surface area is 142 Å². The van der Waals surface area contributed by atoms with Gasteiger partial charge in [-0.05, 0) is 38.8 Å². The molecule has 1 amide bonds. The third-order valence-electron chi connectivity index (χ3n) is 5.09. The van der Waals surface area contributed by atoms with Gasteiger partial charge in [-0.15, -0.1) is 0 Å². The number of amides is 1. The van der Waals surface area contributed by atoms with Crippen molar-refractivity contribution in [3.63, 3.8) is 0 Å². The molecule has 1 aliphatic heterocycles. The highest BCUT2D eigenvalue weighted by atomic mass is 16.2. The first kappa shape index (κ1) is 15.2. The van der Waals surface area contributed by atoms with E-state index >= 15 is 0 Å². The van der Waals surface area contributed by atoms with Gasteiger partial charge in [-0.3, -0.25) is 4.79 Å². The Bertz CT molecular complexity index is 740. The van der Waals surface area contributed by atoms with E-state index < -0.39 is 0 Å². The zero-order valence-electron chi connectivity index (χ0n) is 14.4. The van der Waals surface area contributed by atoms with Crippen LogP contribution in [0.1, 0.15) is 24.2 Å². The van der Waals surface area contributed by atoms with Gasteiger partial charge >= 0.3 is 0 Å². The summed E-state index contributed by atoms with van der Waals surface area (Å²) in [5, 5.41) is 4.74. The van der Waals surface area contributed by atoms with Gasteiger partial charge in [-0.25, -0.2) is 4.68 Å². The van der Waals surface area contributed by atoms with Crippen molar-refractivity contribution in [2.24, 2.45) is 5.92 Å². The standard InChI is InChI=1S/C19H24N4O/c1-14-18(15(2)23(20-14)17-6-4-3-5-7-17)21-10-12-22(13-11-21)19(24)16-8-9-16/h3-7,16H,8-13H2,1-2H3. The Hall–Kier alpha value is -2.30. The number of piperazine rings is 1. The van der Waals surface area contributed by atoms with E-state index in [1.165, 1.54) is 11.4 Å². The topological polar surface area (TPSA) is 41.4 Å². The molecule has 1 aliphatic carbocycles. The van der Waals surface area contributed by atoms with Crippen molar-refractivity contribution in [3.05, 3.63) is 41.7 Å². The lowest BCUT2D eigenvalue weighted by Gasteiger charge is -2.36. The van der Waals surface area contributed by atoms with Crippen molar-refractivity contribution in [2.45, 2.75) is 26.7 Å². The minimum atomic E-state index is 0.320. The van der Waals surface area contributed by atoms with Gasteiger partial charge in [0.1, 0.15) is 0 Å². The van der Waals surface area contributed by atoms with E-state index in [4.69, 9.17) is 5.10 Å². The van der Waals surface area contributed by atoms with Gasteiger partial charge in [0.25, 0.3) is 0 Å². The highest BCUT2D eigenvalue weighted by Gasteiger charge is 2.35. The summed E-state index contributed by atoms with van der Waals surface area (Å²) in [5.41, 5.74) is 4.53. The molecule has 1 aromatic heterocycles. The average Bonchev–Trinajstić information content (AvgIpc) is 3.41. The van der Waals surface area contributed by atoms with Gasteiger partial charge in [-0.1, -0.05) is 18.2 Å².